The molecule has 9 heteroatoms. The van der Waals surface area contributed by atoms with Gasteiger partial charge in [0.05, 0.1) is 23.7 Å². The first-order chi connectivity index (χ1) is 10.1. The minimum Gasteiger partial charge on any atom is -0.347 e. The highest BCUT2D eigenvalue weighted by atomic mass is 79.9. The molecule has 2 aromatic rings. The summed E-state index contributed by atoms with van der Waals surface area (Å²) in [7, 11) is 0. The quantitative estimate of drug-likeness (QED) is 0.758. The van der Waals surface area contributed by atoms with Crippen molar-refractivity contribution in [1.82, 2.24) is 20.6 Å². The van der Waals surface area contributed by atoms with Gasteiger partial charge in [0.15, 0.2) is 5.65 Å². The average Bonchev–Trinajstić information content (AvgIpc) is 2.84. The van der Waals surface area contributed by atoms with Gasteiger partial charge in [-0.15, -0.1) is 11.3 Å². The van der Waals surface area contributed by atoms with E-state index in [1.807, 2.05) is 6.07 Å². The Morgan fingerprint density at radius 3 is 2.95 bits per heavy atom. The molecule has 2 aromatic heterocycles. The van der Waals surface area contributed by atoms with E-state index in [4.69, 9.17) is 5.26 Å². The molecule has 0 saturated heterocycles. The number of aromatic nitrogens is 2. The van der Waals surface area contributed by atoms with Crippen molar-refractivity contribution in [1.29, 1.82) is 5.26 Å². The summed E-state index contributed by atoms with van der Waals surface area (Å²) in [6.07, 6.45) is 1.73. The van der Waals surface area contributed by atoms with Crippen molar-refractivity contribution in [3.63, 3.8) is 0 Å². The molecule has 0 saturated carbocycles. The molecule has 2 N–H and O–H groups in total. The van der Waals surface area contributed by atoms with Gasteiger partial charge in [-0.2, -0.15) is 5.26 Å². The lowest BCUT2D eigenvalue weighted by Crippen LogP contribution is -2.37. The normalized spacial score (nSPS) is 10.1. The molecule has 2 heterocycles. The van der Waals surface area contributed by atoms with E-state index < -0.39 is 5.91 Å². The number of rotatable bonds is 5. The second-order valence-electron chi connectivity index (χ2n) is 3.97. The maximum Gasteiger partial charge on any atom is 0.240 e. The summed E-state index contributed by atoms with van der Waals surface area (Å²) in [6, 6.07) is 3.67. The first-order valence-electron chi connectivity index (χ1n) is 5.90. The standard InChI is InChI=1S/C12H10BrN5O2S/c13-7-3-8-12(17-5-7)18-11(21-8)4-9(19)16-6-10(20)15-2-1-14/h3,5H,2,4,6H2,(H,15,20)(H,16,19). The Morgan fingerprint density at radius 1 is 1.38 bits per heavy atom. The van der Waals surface area contributed by atoms with Crippen LogP contribution in [0.4, 0.5) is 0 Å². The molecular weight excluding hydrogens is 358 g/mol. The highest BCUT2D eigenvalue weighted by Gasteiger charge is 2.11. The number of pyridine rings is 1. The number of nitrogens with zero attached hydrogens (tertiary/aromatic N) is 3. The van der Waals surface area contributed by atoms with Crippen molar-refractivity contribution in [2.75, 3.05) is 13.1 Å². The van der Waals surface area contributed by atoms with Crippen LogP contribution < -0.4 is 10.6 Å². The zero-order valence-electron chi connectivity index (χ0n) is 10.7. The van der Waals surface area contributed by atoms with Gasteiger partial charge >= 0.3 is 0 Å². The topological polar surface area (TPSA) is 108 Å². The predicted molar refractivity (Wildman–Crippen MR) is 80.5 cm³/mol. The Balaban J connectivity index is 1.89. The number of carbonyl (C=O) groups is 2. The Hall–Kier alpha value is -2.05. The largest absolute Gasteiger partial charge is 0.347 e. The second kappa shape index (κ2) is 7.10. The lowest BCUT2D eigenvalue weighted by atomic mass is 10.4. The summed E-state index contributed by atoms with van der Waals surface area (Å²) in [5.41, 5.74) is 0.595. The van der Waals surface area contributed by atoms with Crippen LogP contribution in [0.2, 0.25) is 0 Å². The van der Waals surface area contributed by atoms with Gasteiger partial charge in [-0.1, -0.05) is 0 Å². The van der Waals surface area contributed by atoms with Gasteiger partial charge in [-0.25, -0.2) is 9.97 Å². The zero-order valence-corrected chi connectivity index (χ0v) is 13.1. The van der Waals surface area contributed by atoms with E-state index in [-0.39, 0.29) is 25.4 Å². The molecule has 0 aromatic carbocycles. The van der Waals surface area contributed by atoms with Gasteiger partial charge in [0.1, 0.15) is 11.6 Å². The third-order valence-corrected chi connectivity index (χ3v) is 3.81. The van der Waals surface area contributed by atoms with Gasteiger partial charge in [-0.05, 0) is 22.0 Å². The Morgan fingerprint density at radius 2 is 2.19 bits per heavy atom. The Bertz CT molecular complexity index is 724. The maximum absolute atomic E-state index is 11.7. The van der Waals surface area contributed by atoms with Crippen LogP contribution in [0, 0.1) is 11.3 Å². The number of halogens is 1. The van der Waals surface area contributed by atoms with E-state index in [2.05, 4.69) is 36.5 Å². The fourth-order valence-corrected chi connectivity index (χ4v) is 2.94. The summed E-state index contributed by atoms with van der Waals surface area (Å²) in [4.78, 5) is 31.3. The number of hydrogen-bond donors (Lipinski definition) is 2. The van der Waals surface area contributed by atoms with Crippen molar-refractivity contribution in [2.24, 2.45) is 0 Å². The minimum absolute atomic E-state index is 0.0763. The van der Waals surface area contributed by atoms with E-state index in [0.717, 1.165) is 9.17 Å². The van der Waals surface area contributed by atoms with Crippen LogP contribution in [0.1, 0.15) is 5.01 Å². The van der Waals surface area contributed by atoms with Crippen molar-refractivity contribution in [2.45, 2.75) is 6.42 Å². The van der Waals surface area contributed by atoms with E-state index >= 15 is 0 Å². The molecule has 0 fully saturated rings. The maximum atomic E-state index is 11.7. The Kier molecular flexibility index (Phi) is 5.19. The number of fused-ring (bicyclic) bond motifs is 1. The molecule has 2 amide bonds. The monoisotopic (exact) mass is 367 g/mol. The SMILES string of the molecule is N#CCNC(=O)CNC(=O)Cc1nc2ncc(Br)cc2s1. The summed E-state index contributed by atoms with van der Waals surface area (Å²) in [6.45, 7) is -0.234. The third kappa shape index (κ3) is 4.47. The molecular formula is C12H10BrN5O2S. The van der Waals surface area contributed by atoms with Gasteiger partial charge in [0.25, 0.3) is 0 Å². The summed E-state index contributed by atoms with van der Waals surface area (Å²) < 4.78 is 1.74. The molecule has 0 aliphatic carbocycles. The number of nitriles is 1. The number of thiazole rings is 1. The van der Waals surface area contributed by atoms with Gasteiger partial charge in [0, 0.05) is 10.7 Å². The zero-order chi connectivity index (χ0) is 15.2. The molecule has 108 valence electrons. The number of hydrogen-bond acceptors (Lipinski definition) is 6. The molecule has 7 nitrogen and oxygen atoms in total. The van der Waals surface area contributed by atoms with Gasteiger partial charge in [-0.3, -0.25) is 9.59 Å². The number of nitrogens with one attached hydrogen (secondary N) is 2. The van der Waals surface area contributed by atoms with Crippen LogP contribution in [0.5, 0.6) is 0 Å². The first kappa shape index (κ1) is 15.3. The molecule has 0 aliphatic rings. The fraction of sp³-hybridized carbons (Fsp3) is 0.250. The van der Waals surface area contributed by atoms with Crippen LogP contribution in [-0.4, -0.2) is 34.9 Å². The van der Waals surface area contributed by atoms with E-state index in [1.165, 1.54) is 11.3 Å². The van der Waals surface area contributed by atoms with E-state index in [9.17, 15) is 9.59 Å². The van der Waals surface area contributed by atoms with Gasteiger partial charge < -0.3 is 10.6 Å². The number of amides is 2. The molecule has 0 aliphatic heterocycles. The van der Waals surface area contributed by atoms with Crippen LogP contribution in [0.25, 0.3) is 10.3 Å². The second-order valence-corrected chi connectivity index (χ2v) is 6.00. The van der Waals surface area contributed by atoms with Crippen molar-refractivity contribution in [3.8, 4) is 6.07 Å². The fourth-order valence-electron chi connectivity index (χ4n) is 1.50. The number of carbonyl (C=O) groups excluding carboxylic acids is 2. The van der Waals surface area contributed by atoms with Crippen LogP contribution in [0.3, 0.4) is 0 Å². The molecule has 0 spiro atoms. The molecule has 0 radical (unpaired) electrons. The molecule has 0 bridgehead atoms. The lowest BCUT2D eigenvalue weighted by molar-refractivity contribution is -0.125. The Labute approximate surface area is 132 Å². The lowest BCUT2D eigenvalue weighted by Gasteiger charge is -2.03. The summed E-state index contributed by atoms with van der Waals surface area (Å²) in [5, 5.41) is 13.7. The van der Waals surface area contributed by atoms with Crippen molar-refractivity contribution < 1.29 is 9.59 Å². The first-order valence-corrected chi connectivity index (χ1v) is 7.50. The van der Waals surface area contributed by atoms with Crippen LogP contribution in [-0.2, 0) is 16.0 Å². The van der Waals surface area contributed by atoms with Crippen molar-refractivity contribution >= 4 is 49.4 Å². The predicted octanol–water partition coefficient (Wildman–Crippen LogP) is 0.752. The summed E-state index contributed by atoms with van der Waals surface area (Å²) >= 11 is 4.70. The third-order valence-electron chi connectivity index (χ3n) is 2.38. The molecule has 0 atom stereocenters. The van der Waals surface area contributed by atoms with Crippen LogP contribution >= 0.6 is 27.3 Å². The van der Waals surface area contributed by atoms with Gasteiger partial charge in [0.2, 0.25) is 11.8 Å². The van der Waals surface area contributed by atoms with E-state index in [1.54, 1.807) is 12.3 Å². The molecule has 2 rings (SSSR count). The summed E-state index contributed by atoms with van der Waals surface area (Å²) in [5.74, 6) is -0.708. The van der Waals surface area contributed by atoms with Crippen LogP contribution in [0.15, 0.2) is 16.7 Å². The highest BCUT2D eigenvalue weighted by Crippen LogP contribution is 2.23. The highest BCUT2D eigenvalue weighted by molar-refractivity contribution is 9.10. The molecule has 21 heavy (non-hydrogen) atoms. The smallest absolute Gasteiger partial charge is 0.240 e. The average molecular weight is 368 g/mol. The minimum atomic E-state index is -0.403. The van der Waals surface area contributed by atoms with Crippen molar-refractivity contribution in [3.05, 3.63) is 21.7 Å². The molecule has 0 unspecified atom stereocenters. The van der Waals surface area contributed by atoms with E-state index in [0.29, 0.717) is 10.7 Å².